The Bertz CT molecular complexity index is 735. The van der Waals surface area contributed by atoms with Crippen LogP contribution in [0.1, 0.15) is 36.8 Å². The van der Waals surface area contributed by atoms with E-state index < -0.39 is 23.6 Å². The van der Waals surface area contributed by atoms with Crippen molar-refractivity contribution in [2.24, 2.45) is 0 Å². The molecule has 122 valence electrons. The van der Waals surface area contributed by atoms with Crippen molar-refractivity contribution in [3.63, 3.8) is 0 Å². The SMILES string of the molecule is CCCCC(NC(=O)c1nn(-c2ccccc2)c(=O)[nH]1)C(=O)O. The molecule has 1 amide bonds. The second-order valence-electron chi connectivity index (χ2n) is 5.03. The number of rotatable bonds is 7. The molecule has 8 heteroatoms. The minimum Gasteiger partial charge on any atom is -0.480 e. The van der Waals surface area contributed by atoms with Crippen molar-refractivity contribution in [1.82, 2.24) is 20.1 Å². The number of carboxylic acid groups (broad SMARTS) is 1. The lowest BCUT2D eigenvalue weighted by Crippen LogP contribution is -2.41. The van der Waals surface area contributed by atoms with Crippen LogP contribution in [0.5, 0.6) is 0 Å². The number of H-pyrrole nitrogens is 1. The molecule has 0 spiro atoms. The van der Waals surface area contributed by atoms with Gasteiger partial charge >= 0.3 is 11.7 Å². The Morgan fingerprint density at radius 1 is 1.35 bits per heavy atom. The molecule has 0 aliphatic heterocycles. The molecule has 0 bridgehead atoms. The average Bonchev–Trinajstić information content (AvgIpc) is 2.93. The Labute approximate surface area is 132 Å². The van der Waals surface area contributed by atoms with E-state index in [2.05, 4.69) is 15.4 Å². The summed E-state index contributed by atoms with van der Waals surface area (Å²) in [7, 11) is 0. The summed E-state index contributed by atoms with van der Waals surface area (Å²) in [4.78, 5) is 37.5. The Hall–Kier alpha value is -2.90. The first-order chi connectivity index (χ1) is 11.0. The molecule has 1 aromatic carbocycles. The Morgan fingerprint density at radius 2 is 2.04 bits per heavy atom. The number of aromatic amines is 1. The molecular weight excluding hydrogens is 300 g/mol. The van der Waals surface area contributed by atoms with Gasteiger partial charge in [0.05, 0.1) is 5.69 Å². The number of para-hydroxylation sites is 1. The molecule has 0 aliphatic carbocycles. The zero-order chi connectivity index (χ0) is 16.8. The van der Waals surface area contributed by atoms with Crippen molar-refractivity contribution in [1.29, 1.82) is 0 Å². The third kappa shape index (κ3) is 4.06. The number of hydrogen-bond acceptors (Lipinski definition) is 4. The van der Waals surface area contributed by atoms with Crippen LogP contribution >= 0.6 is 0 Å². The minimum absolute atomic E-state index is 0.221. The van der Waals surface area contributed by atoms with Crippen molar-refractivity contribution in [2.75, 3.05) is 0 Å². The van der Waals surface area contributed by atoms with Crippen LogP contribution in [0, 0.1) is 0 Å². The van der Waals surface area contributed by atoms with Gasteiger partial charge in [0, 0.05) is 0 Å². The number of carbonyl (C=O) groups is 2. The van der Waals surface area contributed by atoms with E-state index in [-0.39, 0.29) is 5.82 Å². The van der Waals surface area contributed by atoms with Crippen LogP contribution in [0.25, 0.3) is 5.69 Å². The van der Waals surface area contributed by atoms with E-state index in [0.717, 1.165) is 11.1 Å². The van der Waals surface area contributed by atoms with E-state index in [1.807, 2.05) is 6.92 Å². The second kappa shape index (κ2) is 7.39. The van der Waals surface area contributed by atoms with Crippen LogP contribution in [0.15, 0.2) is 35.1 Å². The van der Waals surface area contributed by atoms with Gasteiger partial charge in [-0.05, 0) is 18.6 Å². The zero-order valence-electron chi connectivity index (χ0n) is 12.7. The quantitative estimate of drug-likeness (QED) is 0.702. The molecule has 1 heterocycles. The van der Waals surface area contributed by atoms with Gasteiger partial charge in [0.25, 0.3) is 5.91 Å². The van der Waals surface area contributed by atoms with E-state index >= 15 is 0 Å². The summed E-state index contributed by atoms with van der Waals surface area (Å²) < 4.78 is 1.05. The highest BCUT2D eigenvalue weighted by molar-refractivity contribution is 5.93. The smallest absolute Gasteiger partial charge is 0.348 e. The fourth-order valence-electron chi connectivity index (χ4n) is 2.06. The average molecular weight is 318 g/mol. The predicted octanol–water partition coefficient (Wildman–Crippen LogP) is 0.934. The van der Waals surface area contributed by atoms with E-state index in [4.69, 9.17) is 5.11 Å². The third-order valence-electron chi connectivity index (χ3n) is 3.28. The van der Waals surface area contributed by atoms with E-state index in [1.165, 1.54) is 0 Å². The number of amides is 1. The number of carboxylic acids is 1. The molecule has 3 N–H and O–H groups in total. The van der Waals surface area contributed by atoms with Crippen LogP contribution < -0.4 is 11.0 Å². The van der Waals surface area contributed by atoms with Crippen molar-refractivity contribution >= 4 is 11.9 Å². The number of aliphatic carboxylic acids is 1. The van der Waals surface area contributed by atoms with E-state index in [1.54, 1.807) is 30.3 Å². The Kier molecular flexibility index (Phi) is 5.29. The molecule has 0 aliphatic rings. The highest BCUT2D eigenvalue weighted by Gasteiger charge is 2.22. The Morgan fingerprint density at radius 3 is 2.65 bits per heavy atom. The van der Waals surface area contributed by atoms with Gasteiger partial charge in [-0.25, -0.2) is 9.59 Å². The fraction of sp³-hybridized carbons (Fsp3) is 0.333. The topological polar surface area (TPSA) is 117 Å². The highest BCUT2D eigenvalue weighted by atomic mass is 16.4. The van der Waals surface area contributed by atoms with Gasteiger partial charge in [-0.2, -0.15) is 4.68 Å². The highest BCUT2D eigenvalue weighted by Crippen LogP contribution is 2.04. The molecule has 2 aromatic rings. The van der Waals surface area contributed by atoms with Crippen LogP contribution in [0.2, 0.25) is 0 Å². The Balaban J connectivity index is 2.17. The van der Waals surface area contributed by atoms with Crippen molar-refractivity contribution < 1.29 is 14.7 Å². The first kappa shape index (κ1) is 16.5. The maximum absolute atomic E-state index is 12.1. The van der Waals surface area contributed by atoms with Crippen molar-refractivity contribution in [3.8, 4) is 5.69 Å². The number of unbranched alkanes of at least 4 members (excludes halogenated alkanes) is 1. The van der Waals surface area contributed by atoms with Crippen LogP contribution in [0.4, 0.5) is 0 Å². The van der Waals surface area contributed by atoms with E-state index in [9.17, 15) is 14.4 Å². The number of nitrogens with zero attached hydrogens (tertiary/aromatic N) is 2. The summed E-state index contributed by atoms with van der Waals surface area (Å²) in [5.41, 5.74) is -0.0599. The summed E-state index contributed by atoms with van der Waals surface area (Å²) in [6.45, 7) is 1.93. The zero-order valence-corrected chi connectivity index (χ0v) is 12.7. The van der Waals surface area contributed by atoms with Crippen molar-refractivity contribution in [3.05, 3.63) is 46.6 Å². The molecule has 1 aromatic heterocycles. The maximum Gasteiger partial charge on any atom is 0.348 e. The summed E-state index contributed by atoms with van der Waals surface area (Å²) >= 11 is 0. The second-order valence-corrected chi connectivity index (χ2v) is 5.03. The molecule has 23 heavy (non-hydrogen) atoms. The molecule has 0 radical (unpaired) electrons. The number of carbonyl (C=O) groups excluding carboxylic acids is 1. The van der Waals surface area contributed by atoms with Gasteiger partial charge in [0.1, 0.15) is 6.04 Å². The first-order valence-electron chi connectivity index (χ1n) is 7.31. The van der Waals surface area contributed by atoms with Crippen LogP contribution in [-0.4, -0.2) is 37.8 Å². The first-order valence-corrected chi connectivity index (χ1v) is 7.31. The largest absolute Gasteiger partial charge is 0.480 e. The number of benzene rings is 1. The lowest BCUT2D eigenvalue weighted by molar-refractivity contribution is -0.139. The normalized spacial score (nSPS) is 11.9. The number of hydrogen-bond donors (Lipinski definition) is 3. The summed E-state index contributed by atoms with van der Waals surface area (Å²) in [5, 5.41) is 15.4. The minimum atomic E-state index is -1.11. The number of aromatic nitrogens is 3. The summed E-state index contributed by atoms with van der Waals surface area (Å²) in [5.74, 6) is -2.06. The molecule has 0 fully saturated rings. The molecule has 2 rings (SSSR count). The van der Waals surface area contributed by atoms with Gasteiger partial charge in [-0.15, -0.1) is 5.10 Å². The molecule has 1 atom stereocenters. The molecule has 8 nitrogen and oxygen atoms in total. The fourth-order valence-corrected chi connectivity index (χ4v) is 2.06. The lowest BCUT2D eigenvalue weighted by atomic mass is 10.1. The molecular formula is C15H18N4O4. The lowest BCUT2D eigenvalue weighted by Gasteiger charge is -2.12. The van der Waals surface area contributed by atoms with Gasteiger partial charge in [-0.1, -0.05) is 38.0 Å². The van der Waals surface area contributed by atoms with Crippen LogP contribution in [-0.2, 0) is 4.79 Å². The van der Waals surface area contributed by atoms with Gasteiger partial charge in [0.2, 0.25) is 5.82 Å². The monoisotopic (exact) mass is 318 g/mol. The van der Waals surface area contributed by atoms with Gasteiger partial charge in [-0.3, -0.25) is 9.78 Å². The number of nitrogens with one attached hydrogen (secondary N) is 2. The molecule has 0 saturated heterocycles. The third-order valence-corrected chi connectivity index (χ3v) is 3.28. The van der Waals surface area contributed by atoms with Crippen LogP contribution in [0.3, 0.4) is 0 Å². The van der Waals surface area contributed by atoms with E-state index in [0.29, 0.717) is 18.5 Å². The standard InChI is InChI=1S/C15H18N4O4/c1-2-3-9-11(14(21)22)16-13(20)12-17-15(23)19(18-12)10-7-5-4-6-8-10/h4-8,11H,2-3,9H2,1H3,(H,16,20)(H,21,22)(H,17,18,23). The predicted molar refractivity (Wildman–Crippen MR) is 82.6 cm³/mol. The summed E-state index contributed by atoms with van der Waals surface area (Å²) in [6, 6.07) is 7.60. The maximum atomic E-state index is 12.1. The van der Waals surface area contributed by atoms with Gasteiger partial charge < -0.3 is 10.4 Å². The van der Waals surface area contributed by atoms with Gasteiger partial charge in [0.15, 0.2) is 0 Å². The summed E-state index contributed by atoms with van der Waals surface area (Å²) in [6.07, 6.45) is 1.81. The van der Waals surface area contributed by atoms with Crippen molar-refractivity contribution in [2.45, 2.75) is 32.2 Å². The molecule has 1 unspecified atom stereocenters. The molecule has 0 saturated carbocycles.